The molecule has 0 aliphatic carbocycles. The van der Waals surface area contributed by atoms with Gasteiger partial charge in [0, 0.05) is 6.42 Å². The van der Waals surface area contributed by atoms with E-state index in [0.29, 0.717) is 19.4 Å². The van der Waals surface area contributed by atoms with E-state index in [4.69, 9.17) is 5.11 Å². The summed E-state index contributed by atoms with van der Waals surface area (Å²) in [6.45, 7) is 0.403. The van der Waals surface area contributed by atoms with Gasteiger partial charge in [0.05, 0.1) is 5.97 Å². The first-order valence-electron chi connectivity index (χ1n) is 3.59. The molecule has 0 amide bonds. The average molecular weight is 163 g/mol. The summed E-state index contributed by atoms with van der Waals surface area (Å²) in [7, 11) is 0. The van der Waals surface area contributed by atoms with Crippen molar-refractivity contribution in [3.8, 4) is 0 Å². The third kappa shape index (κ3) is 4.72. The zero-order chi connectivity index (χ0) is 8.85. The number of hydrogen-bond acceptors (Lipinski definition) is 3. The molecule has 5 heteroatoms. The van der Waals surface area contributed by atoms with Crippen LogP contribution < -0.4 is 16.6 Å². The first-order valence-corrected chi connectivity index (χ1v) is 3.59. The Morgan fingerprint density at radius 1 is 1.55 bits per heavy atom. The second-order valence-corrected chi connectivity index (χ2v) is 2.54. The van der Waals surface area contributed by atoms with Crippen molar-refractivity contribution in [2.24, 2.45) is 0 Å². The number of carboxylic acid groups (broad SMARTS) is 1. The lowest BCUT2D eigenvalue weighted by atomic mass is 10.1. The molecule has 2 atom stereocenters. The van der Waals surface area contributed by atoms with Gasteiger partial charge in [-0.3, -0.25) is 0 Å². The summed E-state index contributed by atoms with van der Waals surface area (Å²) in [6.07, 6.45) is 0.253. The number of carbonyl (C=O) groups excluding carboxylic acids is 1. The summed E-state index contributed by atoms with van der Waals surface area (Å²) in [5.41, 5.74) is 6.83. The summed E-state index contributed by atoms with van der Waals surface area (Å²) >= 11 is 0. The first-order chi connectivity index (χ1) is 5.07. The number of aliphatic hydroxyl groups excluding tert-OH is 1. The molecule has 0 unspecified atom stereocenters. The number of rotatable bonds is 5. The van der Waals surface area contributed by atoms with Gasteiger partial charge in [-0.15, -0.1) is 0 Å². The number of quaternary nitrogens is 2. The van der Waals surface area contributed by atoms with Crippen LogP contribution in [0.3, 0.4) is 0 Å². The fourth-order valence-corrected chi connectivity index (χ4v) is 0.656. The zero-order valence-electron chi connectivity index (χ0n) is 6.45. The third-order valence-corrected chi connectivity index (χ3v) is 1.51. The topological polar surface area (TPSA) is 116 Å². The minimum Gasteiger partial charge on any atom is -0.544 e. The molecule has 0 saturated carbocycles. The van der Waals surface area contributed by atoms with Crippen molar-refractivity contribution in [1.82, 2.24) is 0 Å². The van der Waals surface area contributed by atoms with E-state index in [1.807, 2.05) is 0 Å². The van der Waals surface area contributed by atoms with Gasteiger partial charge in [-0.25, -0.2) is 0 Å². The Hall–Kier alpha value is -0.650. The molecule has 0 aromatic carbocycles. The molecule has 0 saturated heterocycles. The zero-order valence-corrected chi connectivity index (χ0v) is 6.45. The van der Waals surface area contributed by atoms with Gasteiger partial charge in [-0.05, 0) is 6.42 Å². The molecule has 0 rings (SSSR count). The minimum absolute atomic E-state index is 0.346. The lowest BCUT2D eigenvalue weighted by Gasteiger charge is -2.10. The van der Waals surface area contributed by atoms with E-state index in [-0.39, 0.29) is 0 Å². The first kappa shape index (κ1) is 10.3. The van der Waals surface area contributed by atoms with Crippen LogP contribution in [0.2, 0.25) is 0 Å². The van der Waals surface area contributed by atoms with Gasteiger partial charge in [0.15, 0.2) is 0 Å². The summed E-state index contributed by atoms with van der Waals surface area (Å²) in [5, 5.41) is 19.1. The second kappa shape index (κ2) is 5.06. The molecule has 0 bridgehead atoms. The predicted molar refractivity (Wildman–Crippen MR) is 34.7 cm³/mol. The molecule has 0 heterocycles. The molecular formula is C6H15N2O3+. The second-order valence-electron chi connectivity index (χ2n) is 2.54. The standard InChI is InChI=1S/C6H14N2O3/c7-3-4(9)1-2-5(8)6(10)11/h4-5,9H,1-3,7-8H2,(H,10,11)/p+1/t4-,5-/m1/s1. The monoisotopic (exact) mass is 163 g/mol. The summed E-state index contributed by atoms with van der Waals surface area (Å²) in [6, 6.07) is -0.726. The minimum atomic E-state index is -1.17. The van der Waals surface area contributed by atoms with Crippen molar-refractivity contribution in [3.05, 3.63) is 0 Å². The van der Waals surface area contributed by atoms with Crippen LogP contribution in [0.15, 0.2) is 0 Å². The van der Waals surface area contributed by atoms with E-state index in [1.54, 1.807) is 0 Å². The Bertz CT molecular complexity index is 129. The van der Waals surface area contributed by atoms with Crippen LogP contribution in [0.4, 0.5) is 0 Å². The molecule has 0 aliphatic heterocycles. The van der Waals surface area contributed by atoms with Gasteiger partial charge < -0.3 is 26.5 Å². The molecule has 0 fully saturated rings. The fourth-order valence-electron chi connectivity index (χ4n) is 0.656. The smallest absolute Gasteiger partial charge is 0.125 e. The van der Waals surface area contributed by atoms with Crippen LogP contribution in [0.1, 0.15) is 12.8 Å². The Labute approximate surface area is 65.0 Å². The number of aliphatic carboxylic acids is 1. The van der Waals surface area contributed by atoms with Crippen molar-refractivity contribution in [2.45, 2.75) is 25.0 Å². The van der Waals surface area contributed by atoms with Gasteiger partial charge in [0.25, 0.3) is 0 Å². The van der Waals surface area contributed by atoms with E-state index in [0.717, 1.165) is 0 Å². The molecule has 7 N–H and O–H groups in total. The van der Waals surface area contributed by atoms with Crippen molar-refractivity contribution in [3.63, 3.8) is 0 Å². The number of hydrogen-bond donors (Lipinski definition) is 3. The largest absolute Gasteiger partial charge is 0.544 e. The van der Waals surface area contributed by atoms with Gasteiger partial charge in [0.1, 0.15) is 18.7 Å². The van der Waals surface area contributed by atoms with E-state index >= 15 is 0 Å². The summed E-state index contributed by atoms with van der Waals surface area (Å²) < 4.78 is 0. The van der Waals surface area contributed by atoms with Gasteiger partial charge in [-0.1, -0.05) is 0 Å². The van der Waals surface area contributed by atoms with E-state index in [1.165, 1.54) is 0 Å². The number of carboxylic acids is 1. The van der Waals surface area contributed by atoms with Crippen LogP contribution in [0, 0.1) is 0 Å². The Morgan fingerprint density at radius 3 is 2.45 bits per heavy atom. The number of aliphatic hydroxyl groups is 1. The van der Waals surface area contributed by atoms with Crippen LogP contribution in [-0.2, 0) is 4.79 Å². The van der Waals surface area contributed by atoms with Crippen LogP contribution in [0.25, 0.3) is 0 Å². The van der Waals surface area contributed by atoms with Gasteiger partial charge in [-0.2, -0.15) is 0 Å². The van der Waals surface area contributed by atoms with Crippen LogP contribution >= 0.6 is 0 Å². The van der Waals surface area contributed by atoms with E-state index in [9.17, 15) is 9.90 Å². The van der Waals surface area contributed by atoms with Crippen molar-refractivity contribution in [1.29, 1.82) is 0 Å². The molecule has 11 heavy (non-hydrogen) atoms. The molecular weight excluding hydrogens is 148 g/mol. The van der Waals surface area contributed by atoms with Crippen LogP contribution in [-0.4, -0.2) is 29.8 Å². The molecule has 5 nitrogen and oxygen atoms in total. The molecule has 0 aromatic rings. The molecule has 0 aromatic heterocycles. The SMILES string of the molecule is [NH3+]C[C@H](O)CC[C@@H]([NH3+])C(=O)[O-]. The maximum atomic E-state index is 10.1. The van der Waals surface area contributed by atoms with Crippen molar-refractivity contribution in [2.75, 3.05) is 6.54 Å². The normalized spacial score (nSPS) is 15.9. The maximum Gasteiger partial charge on any atom is 0.125 e. The lowest BCUT2D eigenvalue weighted by Crippen LogP contribution is -2.68. The fraction of sp³-hybridized carbons (Fsp3) is 0.833. The highest BCUT2D eigenvalue weighted by atomic mass is 16.4. The van der Waals surface area contributed by atoms with Gasteiger partial charge in [0.2, 0.25) is 0 Å². The Morgan fingerprint density at radius 2 is 2.09 bits per heavy atom. The molecule has 0 radical (unpaired) electrons. The van der Waals surface area contributed by atoms with Crippen molar-refractivity contribution < 1.29 is 26.5 Å². The predicted octanol–water partition coefficient (Wildman–Crippen LogP) is -4.27. The Kier molecular flexibility index (Phi) is 4.76. The van der Waals surface area contributed by atoms with E-state index in [2.05, 4.69) is 11.5 Å². The average Bonchev–Trinajstić information content (AvgIpc) is 1.99. The third-order valence-electron chi connectivity index (χ3n) is 1.51. The highest BCUT2D eigenvalue weighted by molar-refractivity contribution is 5.68. The molecule has 0 spiro atoms. The summed E-state index contributed by atoms with van der Waals surface area (Å²) in [4.78, 5) is 10.1. The molecule has 0 aliphatic rings. The van der Waals surface area contributed by atoms with Crippen LogP contribution in [0.5, 0.6) is 0 Å². The van der Waals surface area contributed by atoms with E-state index < -0.39 is 18.1 Å². The van der Waals surface area contributed by atoms with Crippen molar-refractivity contribution >= 4 is 5.97 Å². The molecule has 66 valence electrons. The summed E-state index contributed by atoms with van der Waals surface area (Å²) in [5.74, 6) is -1.17. The Balaban J connectivity index is 3.45. The highest BCUT2D eigenvalue weighted by Crippen LogP contribution is 1.96. The maximum absolute atomic E-state index is 10.1. The quantitative estimate of drug-likeness (QED) is 0.381. The van der Waals surface area contributed by atoms with Gasteiger partial charge >= 0.3 is 0 Å². The number of carbonyl (C=O) groups is 1. The lowest BCUT2D eigenvalue weighted by molar-refractivity contribution is -0.439. The highest BCUT2D eigenvalue weighted by Gasteiger charge is 2.10.